The molecule has 0 unspecified atom stereocenters. The Balaban J connectivity index is 2.92. The number of carbonyl (C=O) groups is 1. The van der Waals surface area contributed by atoms with E-state index in [9.17, 15) is 4.79 Å². The minimum atomic E-state index is 0.206. The molecule has 0 saturated heterocycles. The third-order valence-electron chi connectivity index (χ3n) is 3.48. The smallest absolute Gasteiger partial charge is 0.177 e. The van der Waals surface area contributed by atoms with Crippen molar-refractivity contribution in [3.63, 3.8) is 0 Å². The van der Waals surface area contributed by atoms with Crippen LogP contribution in [0.5, 0.6) is 0 Å². The Morgan fingerprint density at radius 1 is 1.11 bits per heavy atom. The highest BCUT2D eigenvalue weighted by Crippen LogP contribution is 2.21. The van der Waals surface area contributed by atoms with Crippen molar-refractivity contribution in [3.05, 3.63) is 33.9 Å². The van der Waals surface area contributed by atoms with E-state index in [2.05, 4.69) is 39.1 Å². The standard InChI is InChI=1S/C16H25NO/c1-10(2)8-17-9-15(18)16-13(5)11(3)7-12(4)14(16)6/h7,10,17H,8-9H2,1-6H3. The number of Topliss-reactive ketones (excluding diaryl/α,β-unsaturated/α-hetero) is 1. The molecule has 100 valence electrons. The van der Waals surface area contributed by atoms with E-state index in [-0.39, 0.29) is 5.78 Å². The quantitative estimate of drug-likeness (QED) is 0.808. The average Bonchev–Trinajstić information content (AvgIpc) is 2.26. The summed E-state index contributed by atoms with van der Waals surface area (Å²) in [6, 6.07) is 2.16. The number of rotatable bonds is 5. The fourth-order valence-electron chi connectivity index (χ4n) is 2.20. The highest BCUT2D eigenvalue weighted by Gasteiger charge is 2.15. The van der Waals surface area contributed by atoms with Crippen LogP contribution in [0.1, 0.15) is 46.5 Å². The van der Waals surface area contributed by atoms with Gasteiger partial charge in [0, 0.05) is 5.56 Å². The van der Waals surface area contributed by atoms with Gasteiger partial charge in [-0.3, -0.25) is 4.79 Å². The lowest BCUT2D eigenvalue weighted by atomic mass is 9.91. The largest absolute Gasteiger partial charge is 0.309 e. The number of ketones is 1. The van der Waals surface area contributed by atoms with E-state index in [4.69, 9.17) is 0 Å². The maximum absolute atomic E-state index is 12.3. The summed E-state index contributed by atoms with van der Waals surface area (Å²) in [5.74, 6) is 0.775. The second kappa shape index (κ2) is 6.14. The van der Waals surface area contributed by atoms with Crippen molar-refractivity contribution in [2.45, 2.75) is 41.5 Å². The van der Waals surface area contributed by atoms with Gasteiger partial charge in [-0.1, -0.05) is 19.9 Å². The number of aryl methyl sites for hydroxylation is 2. The minimum Gasteiger partial charge on any atom is -0.309 e. The van der Waals surface area contributed by atoms with Crippen LogP contribution >= 0.6 is 0 Å². The van der Waals surface area contributed by atoms with Crippen molar-refractivity contribution >= 4 is 5.78 Å². The third kappa shape index (κ3) is 3.42. The first-order valence-corrected chi connectivity index (χ1v) is 6.66. The Morgan fingerprint density at radius 3 is 2.06 bits per heavy atom. The van der Waals surface area contributed by atoms with Crippen molar-refractivity contribution in [3.8, 4) is 0 Å². The third-order valence-corrected chi connectivity index (χ3v) is 3.48. The van der Waals surface area contributed by atoms with Crippen LogP contribution in [0, 0.1) is 33.6 Å². The lowest BCUT2D eigenvalue weighted by molar-refractivity contribution is 0.0989. The minimum absolute atomic E-state index is 0.206. The molecule has 1 aromatic rings. The molecule has 18 heavy (non-hydrogen) atoms. The Bertz CT molecular complexity index is 421. The molecule has 0 aliphatic carbocycles. The maximum Gasteiger partial charge on any atom is 0.177 e. The van der Waals surface area contributed by atoms with Crippen LogP contribution in [0.2, 0.25) is 0 Å². The van der Waals surface area contributed by atoms with E-state index in [1.54, 1.807) is 0 Å². The van der Waals surface area contributed by atoms with Crippen LogP contribution in [0.25, 0.3) is 0 Å². The normalized spacial score (nSPS) is 11.1. The van der Waals surface area contributed by atoms with Gasteiger partial charge in [0.25, 0.3) is 0 Å². The molecule has 0 heterocycles. The van der Waals surface area contributed by atoms with E-state index >= 15 is 0 Å². The van der Waals surface area contributed by atoms with Crippen LogP contribution in [0.4, 0.5) is 0 Å². The van der Waals surface area contributed by atoms with Gasteiger partial charge in [-0.2, -0.15) is 0 Å². The van der Waals surface area contributed by atoms with Crippen LogP contribution in [0.3, 0.4) is 0 Å². The Morgan fingerprint density at radius 2 is 1.61 bits per heavy atom. The molecule has 0 aromatic heterocycles. The topological polar surface area (TPSA) is 29.1 Å². The lowest BCUT2D eigenvalue weighted by Gasteiger charge is -2.15. The summed E-state index contributed by atoms with van der Waals surface area (Å²) in [4.78, 5) is 12.3. The molecule has 0 spiro atoms. The Labute approximate surface area is 111 Å². The molecule has 0 saturated carbocycles. The predicted molar refractivity (Wildman–Crippen MR) is 77.4 cm³/mol. The first-order chi connectivity index (χ1) is 8.34. The van der Waals surface area contributed by atoms with Crippen molar-refractivity contribution in [2.24, 2.45) is 5.92 Å². The maximum atomic E-state index is 12.3. The van der Waals surface area contributed by atoms with Gasteiger partial charge in [-0.05, 0) is 62.4 Å². The van der Waals surface area contributed by atoms with E-state index in [1.807, 2.05) is 13.8 Å². The molecule has 1 rings (SSSR count). The highest BCUT2D eigenvalue weighted by atomic mass is 16.1. The predicted octanol–water partition coefficient (Wildman–Crippen LogP) is 3.35. The SMILES string of the molecule is Cc1cc(C)c(C)c(C(=O)CNCC(C)C)c1C. The summed E-state index contributed by atoms with van der Waals surface area (Å²) in [6.07, 6.45) is 0. The molecule has 1 N–H and O–H groups in total. The molecule has 0 bridgehead atoms. The van der Waals surface area contributed by atoms with Gasteiger partial charge in [-0.25, -0.2) is 0 Å². The Hall–Kier alpha value is -1.15. The molecular formula is C16H25NO. The summed E-state index contributed by atoms with van der Waals surface area (Å²) < 4.78 is 0. The van der Waals surface area contributed by atoms with Gasteiger partial charge in [-0.15, -0.1) is 0 Å². The van der Waals surface area contributed by atoms with Gasteiger partial charge in [0.1, 0.15) is 0 Å². The van der Waals surface area contributed by atoms with E-state index in [0.717, 1.165) is 23.2 Å². The summed E-state index contributed by atoms with van der Waals surface area (Å²) in [5, 5.41) is 3.23. The van der Waals surface area contributed by atoms with E-state index in [0.29, 0.717) is 12.5 Å². The van der Waals surface area contributed by atoms with Gasteiger partial charge in [0.15, 0.2) is 5.78 Å². The zero-order valence-electron chi connectivity index (χ0n) is 12.5. The lowest BCUT2D eigenvalue weighted by Crippen LogP contribution is -2.27. The molecule has 0 atom stereocenters. The van der Waals surface area contributed by atoms with Gasteiger partial charge >= 0.3 is 0 Å². The summed E-state index contributed by atoms with van der Waals surface area (Å²) in [5.41, 5.74) is 5.54. The van der Waals surface area contributed by atoms with Crippen LogP contribution in [-0.4, -0.2) is 18.9 Å². The van der Waals surface area contributed by atoms with E-state index in [1.165, 1.54) is 11.1 Å². The van der Waals surface area contributed by atoms with Crippen molar-refractivity contribution in [1.29, 1.82) is 0 Å². The summed E-state index contributed by atoms with van der Waals surface area (Å²) in [6.45, 7) is 13.8. The first-order valence-electron chi connectivity index (χ1n) is 6.66. The van der Waals surface area contributed by atoms with Crippen molar-refractivity contribution < 1.29 is 4.79 Å². The summed E-state index contributed by atoms with van der Waals surface area (Å²) >= 11 is 0. The fraction of sp³-hybridized carbons (Fsp3) is 0.562. The van der Waals surface area contributed by atoms with Crippen LogP contribution in [-0.2, 0) is 0 Å². The Kier molecular flexibility index (Phi) is 5.09. The summed E-state index contributed by atoms with van der Waals surface area (Å²) in [7, 11) is 0. The number of benzene rings is 1. The number of hydrogen-bond donors (Lipinski definition) is 1. The van der Waals surface area contributed by atoms with Crippen molar-refractivity contribution in [2.75, 3.05) is 13.1 Å². The molecule has 2 nitrogen and oxygen atoms in total. The molecular weight excluding hydrogens is 222 g/mol. The number of carbonyl (C=O) groups excluding carboxylic acids is 1. The molecule has 0 amide bonds. The number of nitrogens with one attached hydrogen (secondary N) is 1. The molecule has 0 radical (unpaired) electrons. The zero-order chi connectivity index (χ0) is 13.9. The average molecular weight is 247 g/mol. The van der Waals surface area contributed by atoms with E-state index < -0.39 is 0 Å². The highest BCUT2D eigenvalue weighted by molar-refractivity contribution is 6.00. The zero-order valence-corrected chi connectivity index (χ0v) is 12.5. The molecule has 0 fully saturated rings. The van der Waals surface area contributed by atoms with Gasteiger partial charge < -0.3 is 5.32 Å². The molecule has 0 aliphatic heterocycles. The van der Waals surface area contributed by atoms with Gasteiger partial charge in [0.05, 0.1) is 6.54 Å². The first kappa shape index (κ1) is 14.9. The second-order valence-electron chi connectivity index (χ2n) is 5.58. The molecule has 1 aromatic carbocycles. The monoisotopic (exact) mass is 247 g/mol. The van der Waals surface area contributed by atoms with Crippen LogP contribution in [0.15, 0.2) is 6.07 Å². The van der Waals surface area contributed by atoms with Gasteiger partial charge in [0.2, 0.25) is 0 Å². The molecule has 0 aliphatic rings. The molecule has 2 heteroatoms. The second-order valence-corrected chi connectivity index (χ2v) is 5.58. The number of hydrogen-bond acceptors (Lipinski definition) is 2. The fourth-order valence-corrected chi connectivity index (χ4v) is 2.20. The van der Waals surface area contributed by atoms with Crippen LogP contribution < -0.4 is 5.32 Å². The van der Waals surface area contributed by atoms with Crippen molar-refractivity contribution in [1.82, 2.24) is 5.32 Å².